The standard InChI is InChI=1S/C14H18N2O/c1-8-5-10(17-2)7-12-11-4-3-9(15)6-13(11)16-14(8)12/h5,7,9,16H,3-4,6,15H2,1-2H3. The second-order valence-electron chi connectivity index (χ2n) is 4.95. The van der Waals surface area contributed by atoms with E-state index in [1.165, 1.54) is 27.7 Å². The van der Waals surface area contributed by atoms with Crippen LogP contribution in [0.4, 0.5) is 0 Å². The minimum Gasteiger partial charge on any atom is -0.497 e. The van der Waals surface area contributed by atoms with Gasteiger partial charge in [0.15, 0.2) is 0 Å². The van der Waals surface area contributed by atoms with Crippen molar-refractivity contribution in [1.82, 2.24) is 4.98 Å². The van der Waals surface area contributed by atoms with Crippen LogP contribution in [0.3, 0.4) is 0 Å². The predicted octanol–water partition coefficient (Wildman–Crippen LogP) is 2.30. The van der Waals surface area contributed by atoms with E-state index in [9.17, 15) is 0 Å². The summed E-state index contributed by atoms with van der Waals surface area (Å²) in [7, 11) is 1.72. The first-order valence-electron chi connectivity index (χ1n) is 6.12. The molecule has 3 nitrogen and oxygen atoms in total. The number of benzene rings is 1. The van der Waals surface area contributed by atoms with Crippen molar-refractivity contribution in [3.8, 4) is 5.75 Å². The third kappa shape index (κ3) is 1.62. The van der Waals surface area contributed by atoms with Crippen molar-refractivity contribution in [3.63, 3.8) is 0 Å². The van der Waals surface area contributed by atoms with E-state index in [0.29, 0.717) is 6.04 Å². The van der Waals surface area contributed by atoms with Crippen LogP contribution < -0.4 is 10.5 Å². The summed E-state index contributed by atoms with van der Waals surface area (Å²) in [4.78, 5) is 3.53. The van der Waals surface area contributed by atoms with Crippen molar-refractivity contribution < 1.29 is 4.74 Å². The summed E-state index contributed by atoms with van der Waals surface area (Å²) in [5, 5.41) is 1.31. The first kappa shape index (κ1) is 10.7. The molecule has 90 valence electrons. The van der Waals surface area contributed by atoms with Gasteiger partial charge >= 0.3 is 0 Å². The molecule has 0 bridgehead atoms. The first-order chi connectivity index (χ1) is 8.19. The lowest BCUT2D eigenvalue weighted by Gasteiger charge is -2.17. The molecule has 3 heteroatoms. The number of aromatic amines is 1. The normalized spacial score (nSPS) is 19.4. The van der Waals surface area contributed by atoms with Gasteiger partial charge in [0, 0.05) is 29.1 Å². The van der Waals surface area contributed by atoms with Crippen LogP contribution in [0.15, 0.2) is 12.1 Å². The summed E-state index contributed by atoms with van der Waals surface area (Å²) in [6, 6.07) is 4.51. The van der Waals surface area contributed by atoms with Gasteiger partial charge in [-0.1, -0.05) is 0 Å². The molecule has 1 heterocycles. The third-order valence-corrected chi connectivity index (χ3v) is 3.74. The number of ether oxygens (including phenoxy) is 1. The van der Waals surface area contributed by atoms with Crippen molar-refractivity contribution >= 4 is 10.9 Å². The number of aryl methyl sites for hydroxylation is 2. The Hall–Kier alpha value is -1.48. The minimum atomic E-state index is 0.303. The van der Waals surface area contributed by atoms with Crippen molar-refractivity contribution in [1.29, 1.82) is 0 Å². The van der Waals surface area contributed by atoms with Gasteiger partial charge in [-0.15, -0.1) is 0 Å². The van der Waals surface area contributed by atoms with Gasteiger partial charge in [-0.3, -0.25) is 0 Å². The molecule has 3 N–H and O–H groups in total. The quantitative estimate of drug-likeness (QED) is 0.789. The molecule has 1 aliphatic rings. The van der Waals surface area contributed by atoms with Gasteiger partial charge in [0.25, 0.3) is 0 Å². The molecule has 1 aromatic carbocycles. The van der Waals surface area contributed by atoms with Crippen LogP contribution in [0, 0.1) is 6.92 Å². The molecule has 0 amide bonds. The summed E-state index contributed by atoms with van der Waals surface area (Å²) in [6.45, 7) is 2.12. The molecule has 0 radical (unpaired) electrons. The van der Waals surface area contributed by atoms with Crippen molar-refractivity contribution in [2.45, 2.75) is 32.2 Å². The molecule has 0 spiro atoms. The van der Waals surface area contributed by atoms with Crippen LogP contribution in [-0.2, 0) is 12.8 Å². The molecule has 1 aliphatic carbocycles. The minimum absolute atomic E-state index is 0.303. The fourth-order valence-corrected chi connectivity index (χ4v) is 2.82. The number of hydrogen-bond acceptors (Lipinski definition) is 2. The number of fused-ring (bicyclic) bond motifs is 3. The molecule has 1 unspecified atom stereocenters. The smallest absolute Gasteiger partial charge is 0.119 e. The Balaban J connectivity index is 2.24. The lowest BCUT2D eigenvalue weighted by atomic mass is 9.92. The van der Waals surface area contributed by atoms with E-state index in [-0.39, 0.29) is 0 Å². The molecule has 0 fully saturated rings. The highest BCUT2D eigenvalue weighted by molar-refractivity contribution is 5.89. The van der Waals surface area contributed by atoms with E-state index in [1.807, 2.05) is 0 Å². The molecular weight excluding hydrogens is 212 g/mol. The highest BCUT2D eigenvalue weighted by Gasteiger charge is 2.20. The first-order valence-corrected chi connectivity index (χ1v) is 6.12. The van der Waals surface area contributed by atoms with E-state index in [1.54, 1.807) is 7.11 Å². The van der Waals surface area contributed by atoms with Gasteiger partial charge in [-0.2, -0.15) is 0 Å². The maximum atomic E-state index is 6.02. The maximum Gasteiger partial charge on any atom is 0.119 e. The lowest BCUT2D eigenvalue weighted by molar-refractivity contribution is 0.415. The molecule has 3 rings (SSSR count). The van der Waals surface area contributed by atoms with E-state index in [2.05, 4.69) is 24.0 Å². The van der Waals surface area contributed by atoms with E-state index in [0.717, 1.165) is 25.0 Å². The molecule has 17 heavy (non-hydrogen) atoms. The monoisotopic (exact) mass is 230 g/mol. The largest absolute Gasteiger partial charge is 0.497 e. The summed E-state index contributed by atoms with van der Waals surface area (Å²) < 4.78 is 5.35. The lowest BCUT2D eigenvalue weighted by Crippen LogP contribution is -2.27. The van der Waals surface area contributed by atoms with Gasteiger partial charge in [0.05, 0.1) is 7.11 Å². The Morgan fingerprint density at radius 1 is 1.41 bits per heavy atom. The van der Waals surface area contributed by atoms with Gasteiger partial charge < -0.3 is 15.5 Å². The average Bonchev–Trinajstić information content (AvgIpc) is 2.67. The topological polar surface area (TPSA) is 51.0 Å². The molecule has 0 aliphatic heterocycles. The predicted molar refractivity (Wildman–Crippen MR) is 69.6 cm³/mol. The SMILES string of the molecule is COc1cc(C)c2[nH]c3c(c2c1)CCC(N)C3. The Morgan fingerprint density at radius 2 is 2.24 bits per heavy atom. The zero-order valence-corrected chi connectivity index (χ0v) is 10.3. The highest BCUT2D eigenvalue weighted by Crippen LogP contribution is 2.33. The highest BCUT2D eigenvalue weighted by atomic mass is 16.5. The number of nitrogens with two attached hydrogens (primary N) is 1. The average molecular weight is 230 g/mol. The molecule has 1 atom stereocenters. The van der Waals surface area contributed by atoms with E-state index < -0.39 is 0 Å². The van der Waals surface area contributed by atoms with Gasteiger partial charge in [0.1, 0.15) is 5.75 Å². The molecule has 1 aromatic heterocycles. The Bertz CT molecular complexity index is 571. The zero-order chi connectivity index (χ0) is 12.0. The van der Waals surface area contributed by atoms with Gasteiger partial charge in [-0.05, 0) is 43.0 Å². The van der Waals surface area contributed by atoms with Crippen LogP contribution in [0.1, 0.15) is 23.2 Å². The number of rotatable bonds is 1. The Kier molecular flexibility index (Phi) is 2.37. The maximum absolute atomic E-state index is 6.02. The molecule has 2 aromatic rings. The van der Waals surface area contributed by atoms with Crippen LogP contribution in [0.2, 0.25) is 0 Å². The summed E-state index contributed by atoms with van der Waals surface area (Å²) in [6.07, 6.45) is 3.12. The van der Waals surface area contributed by atoms with Crippen LogP contribution >= 0.6 is 0 Å². The third-order valence-electron chi connectivity index (χ3n) is 3.74. The molecular formula is C14H18N2O. The number of nitrogens with one attached hydrogen (secondary N) is 1. The van der Waals surface area contributed by atoms with Gasteiger partial charge in [-0.25, -0.2) is 0 Å². The van der Waals surface area contributed by atoms with Crippen LogP contribution in [0.5, 0.6) is 5.75 Å². The van der Waals surface area contributed by atoms with E-state index in [4.69, 9.17) is 10.5 Å². The summed E-state index contributed by atoms with van der Waals surface area (Å²) >= 11 is 0. The number of methoxy groups -OCH3 is 1. The number of hydrogen-bond donors (Lipinski definition) is 2. The fourth-order valence-electron chi connectivity index (χ4n) is 2.82. The second-order valence-corrected chi connectivity index (χ2v) is 4.95. The van der Waals surface area contributed by atoms with Crippen molar-refractivity contribution in [2.75, 3.05) is 7.11 Å². The van der Waals surface area contributed by atoms with Crippen LogP contribution in [0.25, 0.3) is 10.9 Å². The second kappa shape index (κ2) is 3.77. The Morgan fingerprint density at radius 3 is 3.00 bits per heavy atom. The Labute approximate surface area is 101 Å². The number of H-pyrrole nitrogens is 1. The van der Waals surface area contributed by atoms with Crippen molar-refractivity contribution in [2.24, 2.45) is 5.73 Å². The summed E-state index contributed by atoms with van der Waals surface area (Å²) in [5.41, 5.74) is 11.2. The summed E-state index contributed by atoms with van der Waals surface area (Å²) in [5.74, 6) is 0.937. The fraction of sp³-hybridized carbons (Fsp3) is 0.429. The van der Waals surface area contributed by atoms with Gasteiger partial charge in [0.2, 0.25) is 0 Å². The zero-order valence-electron chi connectivity index (χ0n) is 10.3. The van der Waals surface area contributed by atoms with E-state index >= 15 is 0 Å². The molecule has 0 saturated carbocycles. The molecule has 0 saturated heterocycles. The van der Waals surface area contributed by atoms with Crippen molar-refractivity contribution in [3.05, 3.63) is 29.0 Å². The van der Waals surface area contributed by atoms with Crippen LogP contribution in [-0.4, -0.2) is 18.1 Å². The number of aromatic nitrogens is 1.